The van der Waals surface area contributed by atoms with Crippen LogP contribution in [0.25, 0.3) is 0 Å². The van der Waals surface area contributed by atoms with E-state index in [2.05, 4.69) is 11.6 Å². The summed E-state index contributed by atoms with van der Waals surface area (Å²) in [5.74, 6) is 0.266. The summed E-state index contributed by atoms with van der Waals surface area (Å²) in [6.07, 6.45) is 7.19. The highest BCUT2D eigenvalue weighted by Gasteiger charge is 2.24. The topological polar surface area (TPSA) is 62.5 Å². The number of rotatable bonds is 5. The van der Waals surface area contributed by atoms with Gasteiger partial charge in [-0.25, -0.2) is 4.79 Å². The second kappa shape index (κ2) is 6.48. The monoisotopic (exact) mass is 283 g/mol. The van der Waals surface area contributed by atoms with Crippen molar-refractivity contribution in [2.24, 2.45) is 0 Å². The fourth-order valence-corrected chi connectivity index (χ4v) is 3.65. The van der Waals surface area contributed by atoms with Gasteiger partial charge >= 0.3 is 5.97 Å². The van der Waals surface area contributed by atoms with Gasteiger partial charge in [-0.15, -0.1) is 0 Å². The van der Waals surface area contributed by atoms with Crippen LogP contribution in [0.2, 0.25) is 0 Å². The molecule has 1 aliphatic rings. The van der Waals surface area contributed by atoms with E-state index in [1.54, 1.807) is 13.0 Å². The second-order valence-electron chi connectivity index (χ2n) is 5.03. The summed E-state index contributed by atoms with van der Waals surface area (Å²) in [6.45, 7) is 2.30. The number of nitrogens with one attached hydrogen (secondary N) is 1. The van der Waals surface area contributed by atoms with Crippen molar-refractivity contribution in [2.45, 2.75) is 50.4 Å². The number of carbonyl (C=O) groups is 1. The summed E-state index contributed by atoms with van der Waals surface area (Å²) in [5.41, 5.74) is 0.266. The molecule has 1 aromatic rings. The zero-order valence-electron chi connectivity index (χ0n) is 11.4. The molecule has 1 aliphatic carbocycles. The molecule has 2 unspecified atom stereocenters. The molecular formula is C14H21NO3S. The molecule has 0 radical (unpaired) electrons. The molecule has 1 fully saturated rings. The van der Waals surface area contributed by atoms with E-state index in [0.717, 1.165) is 0 Å². The first kappa shape index (κ1) is 14.5. The summed E-state index contributed by atoms with van der Waals surface area (Å²) in [6, 6.07) is 2.13. The predicted octanol–water partition coefficient (Wildman–Crippen LogP) is 3.05. The molecule has 4 nitrogen and oxygen atoms in total. The van der Waals surface area contributed by atoms with E-state index < -0.39 is 5.97 Å². The second-order valence-corrected chi connectivity index (χ2v) is 6.11. The molecule has 106 valence electrons. The molecule has 2 N–H and O–H groups in total. The molecule has 0 bridgehead atoms. The van der Waals surface area contributed by atoms with Crippen molar-refractivity contribution in [1.29, 1.82) is 0 Å². The van der Waals surface area contributed by atoms with Gasteiger partial charge in [0.15, 0.2) is 0 Å². The van der Waals surface area contributed by atoms with E-state index in [9.17, 15) is 4.79 Å². The van der Waals surface area contributed by atoms with Crippen molar-refractivity contribution in [1.82, 2.24) is 5.32 Å². The number of carboxylic acids is 1. The molecule has 1 saturated carbocycles. The van der Waals surface area contributed by atoms with Gasteiger partial charge in [0.1, 0.15) is 17.1 Å². The van der Waals surface area contributed by atoms with Gasteiger partial charge in [-0.2, -0.15) is 11.8 Å². The Hall–Kier alpha value is -0.940. The largest absolute Gasteiger partial charge is 0.478 e. The lowest BCUT2D eigenvalue weighted by Crippen LogP contribution is -2.39. The number of thioether (sulfide) groups is 1. The molecule has 2 rings (SSSR count). The first-order chi connectivity index (χ1) is 9.11. The molecule has 5 heteroatoms. The van der Waals surface area contributed by atoms with Crippen LogP contribution in [-0.4, -0.2) is 28.6 Å². The Bertz CT molecular complexity index is 444. The number of hydrogen-bond donors (Lipinski definition) is 2. The zero-order chi connectivity index (χ0) is 13.8. The van der Waals surface area contributed by atoms with Gasteiger partial charge in [-0.05, 0) is 32.1 Å². The molecule has 0 amide bonds. The van der Waals surface area contributed by atoms with Crippen LogP contribution in [0.5, 0.6) is 0 Å². The minimum Gasteiger partial charge on any atom is -0.478 e. The van der Waals surface area contributed by atoms with Crippen molar-refractivity contribution < 1.29 is 14.3 Å². The number of hydrogen-bond acceptors (Lipinski definition) is 4. The minimum absolute atomic E-state index is 0.266. The van der Waals surface area contributed by atoms with Gasteiger partial charge < -0.3 is 14.8 Å². The molecule has 0 aliphatic heterocycles. The van der Waals surface area contributed by atoms with Gasteiger partial charge in [0.25, 0.3) is 0 Å². The molecule has 0 aromatic carbocycles. The Morgan fingerprint density at radius 1 is 1.53 bits per heavy atom. The summed E-state index contributed by atoms with van der Waals surface area (Å²) in [5, 5.41) is 13.2. The third kappa shape index (κ3) is 3.54. The Labute approximate surface area is 117 Å². The summed E-state index contributed by atoms with van der Waals surface area (Å²) < 4.78 is 5.49. The van der Waals surface area contributed by atoms with E-state index in [-0.39, 0.29) is 5.56 Å². The van der Waals surface area contributed by atoms with Crippen molar-refractivity contribution in [3.05, 3.63) is 23.2 Å². The summed E-state index contributed by atoms with van der Waals surface area (Å²) >= 11 is 1.92. The molecule has 19 heavy (non-hydrogen) atoms. The van der Waals surface area contributed by atoms with Crippen LogP contribution in [0.1, 0.15) is 47.6 Å². The lowest BCUT2D eigenvalue weighted by Gasteiger charge is -2.30. The molecule has 1 aromatic heterocycles. The fourth-order valence-electron chi connectivity index (χ4n) is 2.69. The van der Waals surface area contributed by atoms with E-state index >= 15 is 0 Å². The van der Waals surface area contributed by atoms with Crippen LogP contribution < -0.4 is 5.32 Å². The average molecular weight is 283 g/mol. The number of carboxylic acid groups (broad SMARTS) is 1. The predicted molar refractivity (Wildman–Crippen MR) is 76.8 cm³/mol. The van der Waals surface area contributed by atoms with E-state index in [1.807, 2.05) is 11.8 Å². The van der Waals surface area contributed by atoms with Crippen LogP contribution in [0.15, 0.2) is 10.5 Å². The molecular weight excluding hydrogens is 262 g/mol. The Morgan fingerprint density at radius 2 is 2.26 bits per heavy atom. The zero-order valence-corrected chi connectivity index (χ0v) is 12.3. The van der Waals surface area contributed by atoms with Crippen molar-refractivity contribution in [2.75, 3.05) is 6.26 Å². The van der Waals surface area contributed by atoms with Gasteiger partial charge in [-0.1, -0.05) is 12.8 Å². The maximum absolute atomic E-state index is 11.0. The highest BCUT2D eigenvalue weighted by molar-refractivity contribution is 7.99. The Morgan fingerprint density at radius 3 is 2.89 bits per heavy atom. The minimum atomic E-state index is -0.924. The SMILES string of the molecule is CSC1CCCCC1NCc1cc(C(=O)O)c(C)o1. The van der Waals surface area contributed by atoms with Crippen molar-refractivity contribution in [3.63, 3.8) is 0 Å². The summed E-state index contributed by atoms with van der Waals surface area (Å²) in [7, 11) is 0. The smallest absolute Gasteiger partial charge is 0.339 e. The molecule has 0 spiro atoms. The molecule has 2 atom stereocenters. The quantitative estimate of drug-likeness (QED) is 0.869. The number of furan rings is 1. The van der Waals surface area contributed by atoms with Crippen LogP contribution in [0.3, 0.4) is 0 Å². The molecule has 1 heterocycles. The van der Waals surface area contributed by atoms with Crippen LogP contribution >= 0.6 is 11.8 Å². The summed E-state index contributed by atoms with van der Waals surface area (Å²) in [4.78, 5) is 11.0. The van der Waals surface area contributed by atoms with Gasteiger partial charge in [0.05, 0.1) is 6.54 Å². The van der Waals surface area contributed by atoms with Crippen LogP contribution in [0, 0.1) is 6.92 Å². The van der Waals surface area contributed by atoms with Crippen LogP contribution in [0.4, 0.5) is 0 Å². The first-order valence-electron chi connectivity index (χ1n) is 6.70. The number of aromatic carboxylic acids is 1. The van der Waals surface area contributed by atoms with Gasteiger partial charge in [-0.3, -0.25) is 0 Å². The average Bonchev–Trinajstić information content (AvgIpc) is 2.78. The first-order valence-corrected chi connectivity index (χ1v) is 7.99. The highest BCUT2D eigenvalue weighted by atomic mass is 32.2. The van der Waals surface area contributed by atoms with E-state index in [0.29, 0.717) is 29.4 Å². The van der Waals surface area contributed by atoms with E-state index in [1.165, 1.54) is 25.7 Å². The Balaban J connectivity index is 1.94. The standard InChI is InChI=1S/C14H21NO3S/c1-9-11(14(16)17)7-10(18-9)8-15-12-5-3-4-6-13(12)19-2/h7,12-13,15H,3-6,8H2,1-2H3,(H,16,17). The maximum atomic E-state index is 11.0. The van der Waals surface area contributed by atoms with Crippen LogP contribution in [-0.2, 0) is 6.54 Å². The highest BCUT2D eigenvalue weighted by Crippen LogP contribution is 2.27. The Kier molecular flexibility index (Phi) is 4.93. The third-order valence-electron chi connectivity index (χ3n) is 3.74. The lowest BCUT2D eigenvalue weighted by atomic mass is 9.95. The van der Waals surface area contributed by atoms with E-state index in [4.69, 9.17) is 9.52 Å². The fraction of sp³-hybridized carbons (Fsp3) is 0.643. The van der Waals surface area contributed by atoms with Crippen molar-refractivity contribution >= 4 is 17.7 Å². The number of aryl methyl sites for hydroxylation is 1. The maximum Gasteiger partial charge on any atom is 0.339 e. The van der Waals surface area contributed by atoms with Gasteiger partial charge in [0.2, 0.25) is 0 Å². The lowest BCUT2D eigenvalue weighted by molar-refractivity contribution is 0.0695. The van der Waals surface area contributed by atoms with Crippen molar-refractivity contribution in [3.8, 4) is 0 Å². The molecule has 0 saturated heterocycles. The van der Waals surface area contributed by atoms with Gasteiger partial charge in [0, 0.05) is 11.3 Å². The normalized spacial score (nSPS) is 23.5. The third-order valence-corrected chi connectivity index (χ3v) is 4.91.